The molecule has 58 valence electrons. The lowest BCUT2D eigenvalue weighted by Crippen LogP contribution is -2.43. The highest BCUT2D eigenvalue weighted by Crippen LogP contribution is 1.89. The van der Waals surface area contributed by atoms with Crippen LogP contribution in [0.5, 0.6) is 0 Å². The average Bonchev–Trinajstić information content (AvgIpc) is 1.87. The lowest BCUT2D eigenvalue weighted by atomic mass is 10.3. The Bertz CT molecular complexity index is 136. The Morgan fingerprint density at radius 3 is 2.50 bits per heavy atom. The van der Waals surface area contributed by atoms with Gasteiger partial charge in [-0.05, 0) is 0 Å². The van der Waals surface area contributed by atoms with Crippen molar-refractivity contribution in [1.29, 1.82) is 0 Å². The number of carbonyl (C=O) groups is 2. The molecule has 0 bridgehead atoms. The summed E-state index contributed by atoms with van der Waals surface area (Å²) in [5.41, 5.74) is 4.81. The Morgan fingerprint density at radius 1 is 1.70 bits per heavy atom. The van der Waals surface area contributed by atoms with Gasteiger partial charge in [-0.25, -0.2) is 0 Å². The van der Waals surface area contributed by atoms with E-state index in [1.807, 2.05) is 0 Å². The van der Waals surface area contributed by atoms with E-state index in [9.17, 15) is 9.59 Å². The lowest BCUT2D eigenvalue weighted by Gasteiger charge is -2.11. The van der Waals surface area contributed by atoms with Gasteiger partial charge in [0.15, 0.2) is 6.04 Å². The first-order chi connectivity index (χ1) is 4.59. The number of carboxylic acids is 1. The quantitative estimate of drug-likeness (QED) is 0.311. The molecule has 0 amide bonds. The van der Waals surface area contributed by atoms with Crippen LogP contribution >= 0.6 is 0 Å². The summed E-state index contributed by atoms with van der Waals surface area (Å²) in [5.74, 6) is -1.44. The smallest absolute Gasteiger partial charge is 0.327 e. The summed E-state index contributed by atoms with van der Waals surface area (Å²) in [6, 6.07) is -1.59. The fourth-order valence-corrected chi connectivity index (χ4v) is 0.264. The molecule has 0 saturated carbocycles. The van der Waals surface area contributed by atoms with Crippen molar-refractivity contribution in [3.8, 4) is 0 Å². The average molecular weight is 149 g/mol. The van der Waals surface area contributed by atoms with Crippen LogP contribution in [0.25, 0.3) is 0 Å². The molecule has 2 unspecified atom stereocenters. The van der Waals surface area contributed by atoms with Crippen LogP contribution in [0, 0.1) is 0 Å². The van der Waals surface area contributed by atoms with Gasteiger partial charge in [0, 0.05) is 0 Å². The topological polar surface area (TPSA) is 110 Å². The predicted octanol–water partition coefficient (Wildman–Crippen LogP) is -2.11. The summed E-state index contributed by atoms with van der Waals surface area (Å²) in [4.78, 5) is 19.4. The predicted molar refractivity (Wildman–Crippen MR) is 28.8 cm³/mol. The minimum Gasteiger partial charge on any atom is -0.480 e. The van der Waals surface area contributed by atoms with Crippen LogP contribution in [-0.2, 0) is 14.3 Å². The van der Waals surface area contributed by atoms with Crippen molar-refractivity contribution in [1.82, 2.24) is 0 Å². The van der Waals surface area contributed by atoms with Crippen molar-refractivity contribution >= 4 is 12.4 Å². The number of aliphatic hydroxyl groups is 1. The first-order valence-corrected chi connectivity index (χ1v) is 2.35. The SMILES string of the molecule is NC(C(=O)O)C(O)OC=O. The van der Waals surface area contributed by atoms with Crippen molar-refractivity contribution < 1.29 is 24.5 Å². The second-order valence-electron chi connectivity index (χ2n) is 1.49. The number of hydrogen-bond donors (Lipinski definition) is 3. The molecule has 4 N–H and O–H groups in total. The molecule has 0 aromatic rings. The number of aliphatic carboxylic acids is 1. The van der Waals surface area contributed by atoms with E-state index in [0.29, 0.717) is 0 Å². The van der Waals surface area contributed by atoms with Crippen LogP contribution in [0.3, 0.4) is 0 Å². The fourth-order valence-electron chi connectivity index (χ4n) is 0.264. The van der Waals surface area contributed by atoms with Gasteiger partial charge in [0.05, 0.1) is 0 Å². The third kappa shape index (κ3) is 2.42. The summed E-state index contributed by atoms with van der Waals surface area (Å²) in [6.45, 7) is -0.0759. The number of hydrogen-bond acceptors (Lipinski definition) is 5. The minimum absolute atomic E-state index is 0.0759. The van der Waals surface area contributed by atoms with Crippen molar-refractivity contribution in [2.24, 2.45) is 5.73 Å². The Labute approximate surface area is 56.2 Å². The van der Waals surface area contributed by atoms with E-state index in [2.05, 4.69) is 4.74 Å². The Balaban J connectivity index is 3.80. The Kier molecular flexibility index (Phi) is 3.37. The molecule has 0 aliphatic carbocycles. The normalized spacial score (nSPS) is 15.4. The number of aliphatic hydroxyl groups excluding tert-OH is 1. The largest absolute Gasteiger partial charge is 0.480 e. The van der Waals surface area contributed by atoms with E-state index in [0.717, 1.165) is 0 Å². The van der Waals surface area contributed by atoms with E-state index in [-0.39, 0.29) is 6.47 Å². The van der Waals surface area contributed by atoms with Gasteiger partial charge in [-0.15, -0.1) is 0 Å². The van der Waals surface area contributed by atoms with E-state index >= 15 is 0 Å². The van der Waals surface area contributed by atoms with Gasteiger partial charge in [0.2, 0.25) is 6.29 Å². The highest BCUT2D eigenvalue weighted by Gasteiger charge is 2.22. The van der Waals surface area contributed by atoms with Crippen LogP contribution in [0.1, 0.15) is 0 Å². The van der Waals surface area contributed by atoms with E-state index < -0.39 is 18.3 Å². The van der Waals surface area contributed by atoms with Gasteiger partial charge in [-0.1, -0.05) is 0 Å². The Hall–Kier alpha value is -1.14. The van der Waals surface area contributed by atoms with Gasteiger partial charge in [0.25, 0.3) is 6.47 Å². The molecule has 10 heavy (non-hydrogen) atoms. The maximum atomic E-state index is 9.93. The molecule has 0 heterocycles. The lowest BCUT2D eigenvalue weighted by molar-refractivity contribution is -0.164. The second kappa shape index (κ2) is 3.80. The first-order valence-electron chi connectivity index (χ1n) is 2.35. The van der Waals surface area contributed by atoms with Crippen molar-refractivity contribution in [2.45, 2.75) is 12.3 Å². The van der Waals surface area contributed by atoms with Crippen molar-refractivity contribution in [3.05, 3.63) is 0 Å². The van der Waals surface area contributed by atoms with Gasteiger partial charge in [-0.3, -0.25) is 9.59 Å². The molecule has 0 spiro atoms. The summed E-state index contributed by atoms with van der Waals surface area (Å²) in [5, 5.41) is 16.6. The number of nitrogens with two attached hydrogens (primary N) is 1. The first kappa shape index (κ1) is 8.86. The molecule has 2 atom stereocenters. The van der Waals surface area contributed by atoms with E-state index in [1.165, 1.54) is 0 Å². The zero-order valence-corrected chi connectivity index (χ0v) is 4.93. The molecule has 0 aromatic heterocycles. The van der Waals surface area contributed by atoms with E-state index in [1.54, 1.807) is 0 Å². The van der Waals surface area contributed by atoms with Crippen LogP contribution in [-0.4, -0.2) is 35.0 Å². The molecule has 0 aliphatic heterocycles. The highest BCUT2D eigenvalue weighted by molar-refractivity contribution is 5.73. The zero-order chi connectivity index (χ0) is 8.15. The molecule has 0 fully saturated rings. The Morgan fingerprint density at radius 2 is 2.20 bits per heavy atom. The molecule has 6 heteroatoms. The molecule has 6 nitrogen and oxygen atoms in total. The van der Waals surface area contributed by atoms with Gasteiger partial charge in [0.1, 0.15) is 0 Å². The number of carboxylic acid groups (broad SMARTS) is 1. The standard InChI is InChI=1S/C4H7NO5/c5-2(3(7)8)4(9)10-1-6/h1-2,4,9H,5H2,(H,7,8). The molecule has 0 aliphatic rings. The van der Waals surface area contributed by atoms with Gasteiger partial charge < -0.3 is 20.7 Å². The van der Waals surface area contributed by atoms with Crippen LogP contribution in [0.4, 0.5) is 0 Å². The molecule has 0 aromatic carbocycles. The van der Waals surface area contributed by atoms with E-state index in [4.69, 9.17) is 15.9 Å². The summed E-state index contributed by atoms with van der Waals surface area (Å²) < 4.78 is 3.83. The third-order valence-corrected chi connectivity index (χ3v) is 0.787. The molecular formula is C4H7NO5. The fraction of sp³-hybridized carbons (Fsp3) is 0.500. The number of carbonyl (C=O) groups excluding carboxylic acids is 1. The van der Waals surface area contributed by atoms with Crippen molar-refractivity contribution in [2.75, 3.05) is 0 Å². The third-order valence-electron chi connectivity index (χ3n) is 0.787. The summed E-state index contributed by atoms with van der Waals surface area (Å²) in [7, 11) is 0. The zero-order valence-electron chi connectivity index (χ0n) is 4.93. The minimum atomic E-state index is -1.78. The van der Waals surface area contributed by atoms with Crippen LogP contribution < -0.4 is 5.73 Å². The molecule has 0 saturated heterocycles. The number of ether oxygens (including phenoxy) is 1. The second-order valence-corrected chi connectivity index (χ2v) is 1.49. The van der Waals surface area contributed by atoms with Crippen LogP contribution in [0.2, 0.25) is 0 Å². The maximum Gasteiger partial charge on any atom is 0.327 e. The van der Waals surface area contributed by atoms with Crippen LogP contribution in [0.15, 0.2) is 0 Å². The van der Waals surface area contributed by atoms with Gasteiger partial charge >= 0.3 is 5.97 Å². The molecular weight excluding hydrogens is 142 g/mol. The van der Waals surface area contributed by atoms with Crippen molar-refractivity contribution in [3.63, 3.8) is 0 Å². The monoisotopic (exact) mass is 149 g/mol. The number of rotatable bonds is 4. The van der Waals surface area contributed by atoms with Gasteiger partial charge in [-0.2, -0.15) is 0 Å². The molecule has 0 rings (SSSR count). The highest BCUT2D eigenvalue weighted by atomic mass is 16.6. The summed E-state index contributed by atoms with van der Waals surface area (Å²) >= 11 is 0. The maximum absolute atomic E-state index is 9.93. The molecule has 0 radical (unpaired) electrons. The summed E-state index contributed by atoms with van der Waals surface area (Å²) in [6.07, 6.45) is -1.78.